The van der Waals surface area contributed by atoms with Gasteiger partial charge in [-0.2, -0.15) is 18.3 Å². The Labute approximate surface area is 99.6 Å². The molecule has 0 spiro atoms. The summed E-state index contributed by atoms with van der Waals surface area (Å²) in [5, 5.41) is 10.7. The Morgan fingerprint density at radius 2 is 2.00 bits per heavy atom. The third-order valence-electron chi connectivity index (χ3n) is 2.20. The standard InChI is InChI=1S/C10H8F3N5/c11-10(12,13)7-4-17-18(5-7)8-2-1-6(3-16-8)9(14)15/h1-5H,(H3,14,15). The summed E-state index contributed by atoms with van der Waals surface area (Å²) in [6.45, 7) is 0. The van der Waals surface area contributed by atoms with Gasteiger partial charge in [0.1, 0.15) is 5.84 Å². The molecule has 0 bridgehead atoms. The molecule has 0 atom stereocenters. The van der Waals surface area contributed by atoms with E-state index in [0.29, 0.717) is 5.56 Å². The van der Waals surface area contributed by atoms with Crippen molar-refractivity contribution in [2.24, 2.45) is 5.73 Å². The number of nitrogens with two attached hydrogens (primary N) is 1. The smallest absolute Gasteiger partial charge is 0.384 e. The highest BCUT2D eigenvalue weighted by molar-refractivity contribution is 5.94. The predicted octanol–water partition coefficient (Wildman–Crippen LogP) is 1.57. The molecule has 0 saturated carbocycles. The van der Waals surface area contributed by atoms with Crippen LogP contribution < -0.4 is 5.73 Å². The molecule has 2 rings (SSSR count). The first-order valence-corrected chi connectivity index (χ1v) is 4.80. The highest BCUT2D eigenvalue weighted by Gasteiger charge is 2.32. The average Bonchev–Trinajstić information content (AvgIpc) is 2.78. The van der Waals surface area contributed by atoms with Crippen LogP contribution in [0.2, 0.25) is 0 Å². The molecule has 2 aromatic rings. The topological polar surface area (TPSA) is 80.6 Å². The third-order valence-corrected chi connectivity index (χ3v) is 2.20. The number of alkyl halides is 3. The summed E-state index contributed by atoms with van der Waals surface area (Å²) in [5.41, 5.74) is 4.78. The van der Waals surface area contributed by atoms with Gasteiger partial charge in [-0.3, -0.25) is 5.41 Å². The van der Waals surface area contributed by atoms with Crippen molar-refractivity contribution in [1.82, 2.24) is 14.8 Å². The van der Waals surface area contributed by atoms with Crippen molar-refractivity contribution < 1.29 is 13.2 Å². The van der Waals surface area contributed by atoms with Gasteiger partial charge < -0.3 is 5.73 Å². The van der Waals surface area contributed by atoms with Gasteiger partial charge in [0.05, 0.1) is 11.8 Å². The van der Waals surface area contributed by atoms with Crippen LogP contribution in [-0.4, -0.2) is 20.6 Å². The van der Waals surface area contributed by atoms with Crippen LogP contribution in [0.5, 0.6) is 0 Å². The third kappa shape index (κ3) is 2.31. The number of nitrogens with zero attached hydrogens (tertiary/aromatic N) is 3. The van der Waals surface area contributed by atoms with E-state index in [2.05, 4.69) is 10.1 Å². The van der Waals surface area contributed by atoms with Crippen molar-refractivity contribution in [3.8, 4) is 5.82 Å². The molecule has 0 aliphatic carbocycles. The zero-order valence-corrected chi connectivity index (χ0v) is 8.94. The molecular weight excluding hydrogens is 247 g/mol. The molecule has 3 N–H and O–H groups in total. The van der Waals surface area contributed by atoms with Crippen LogP contribution >= 0.6 is 0 Å². The fourth-order valence-corrected chi connectivity index (χ4v) is 1.28. The minimum atomic E-state index is -4.43. The van der Waals surface area contributed by atoms with E-state index in [1.807, 2.05) is 0 Å². The summed E-state index contributed by atoms with van der Waals surface area (Å²) in [6.07, 6.45) is -1.57. The lowest BCUT2D eigenvalue weighted by molar-refractivity contribution is -0.137. The van der Waals surface area contributed by atoms with Crippen LogP contribution in [0.4, 0.5) is 13.2 Å². The quantitative estimate of drug-likeness (QED) is 0.631. The van der Waals surface area contributed by atoms with Crippen LogP contribution in [0.25, 0.3) is 5.82 Å². The number of amidine groups is 1. The van der Waals surface area contributed by atoms with Gasteiger partial charge in [0.25, 0.3) is 0 Å². The largest absolute Gasteiger partial charge is 0.419 e. The Morgan fingerprint density at radius 1 is 1.28 bits per heavy atom. The monoisotopic (exact) mass is 255 g/mol. The second-order valence-electron chi connectivity index (χ2n) is 3.49. The highest BCUT2D eigenvalue weighted by atomic mass is 19.4. The maximum absolute atomic E-state index is 12.4. The molecule has 2 aromatic heterocycles. The lowest BCUT2D eigenvalue weighted by Crippen LogP contribution is -2.11. The van der Waals surface area contributed by atoms with Crippen LogP contribution in [0, 0.1) is 5.41 Å². The van der Waals surface area contributed by atoms with E-state index in [9.17, 15) is 13.2 Å². The van der Waals surface area contributed by atoms with E-state index >= 15 is 0 Å². The Bertz CT molecular complexity index is 570. The lowest BCUT2D eigenvalue weighted by Gasteiger charge is -2.02. The number of rotatable bonds is 2. The molecule has 0 aliphatic rings. The van der Waals surface area contributed by atoms with Crippen LogP contribution in [0.1, 0.15) is 11.1 Å². The van der Waals surface area contributed by atoms with Crippen molar-refractivity contribution >= 4 is 5.84 Å². The zero-order valence-electron chi connectivity index (χ0n) is 8.94. The molecule has 5 nitrogen and oxygen atoms in total. The van der Waals surface area contributed by atoms with E-state index in [4.69, 9.17) is 11.1 Å². The van der Waals surface area contributed by atoms with Crippen molar-refractivity contribution in [2.75, 3.05) is 0 Å². The van der Waals surface area contributed by atoms with E-state index in [1.54, 1.807) is 0 Å². The molecule has 0 saturated heterocycles. The number of hydrogen-bond acceptors (Lipinski definition) is 3. The minimum Gasteiger partial charge on any atom is -0.384 e. The van der Waals surface area contributed by atoms with Crippen molar-refractivity contribution in [1.29, 1.82) is 5.41 Å². The molecule has 94 valence electrons. The van der Waals surface area contributed by atoms with Gasteiger partial charge in [0.15, 0.2) is 5.82 Å². The number of nitrogens with one attached hydrogen (secondary N) is 1. The summed E-state index contributed by atoms with van der Waals surface area (Å²) < 4.78 is 38.1. The number of aromatic nitrogens is 3. The summed E-state index contributed by atoms with van der Waals surface area (Å²) in [7, 11) is 0. The number of halogens is 3. The molecule has 0 fully saturated rings. The number of nitrogen functional groups attached to an aromatic ring is 1. The second kappa shape index (κ2) is 4.13. The maximum Gasteiger partial charge on any atom is 0.419 e. The molecule has 0 unspecified atom stereocenters. The molecule has 18 heavy (non-hydrogen) atoms. The van der Waals surface area contributed by atoms with E-state index in [0.717, 1.165) is 17.1 Å². The normalized spacial score (nSPS) is 11.5. The molecule has 0 radical (unpaired) electrons. The number of pyridine rings is 1. The minimum absolute atomic E-state index is 0.162. The van der Waals surface area contributed by atoms with Gasteiger partial charge in [-0.25, -0.2) is 9.67 Å². The average molecular weight is 255 g/mol. The summed E-state index contributed by atoms with van der Waals surface area (Å²) in [5.74, 6) is 0.0565. The Hall–Kier alpha value is -2.38. The van der Waals surface area contributed by atoms with Gasteiger partial charge in [0.2, 0.25) is 0 Å². The first-order valence-electron chi connectivity index (χ1n) is 4.80. The number of hydrogen-bond donors (Lipinski definition) is 2. The van der Waals surface area contributed by atoms with Crippen molar-refractivity contribution in [2.45, 2.75) is 6.18 Å². The summed E-state index contributed by atoms with van der Waals surface area (Å²) in [6, 6.07) is 2.92. The van der Waals surface area contributed by atoms with E-state index in [1.165, 1.54) is 18.3 Å². The first-order chi connectivity index (χ1) is 8.38. The Kier molecular flexibility index (Phi) is 2.77. The molecule has 0 aromatic carbocycles. The molecule has 0 amide bonds. The zero-order chi connectivity index (χ0) is 13.3. The highest BCUT2D eigenvalue weighted by Crippen LogP contribution is 2.28. The van der Waals surface area contributed by atoms with Crippen molar-refractivity contribution in [3.05, 3.63) is 41.9 Å². The van der Waals surface area contributed by atoms with Crippen molar-refractivity contribution in [3.63, 3.8) is 0 Å². The Morgan fingerprint density at radius 3 is 2.44 bits per heavy atom. The summed E-state index contributed by atoms with van der Waals surface area (Å²) >= 11 is 0. The summed E-state index contributed by atoms with van der Waals surface area (Å²) in [4.78, 5) is 3.88. The van der Waals surface area contributed by atoms with Gasteiger partial charge in [-0.15, -0.1) is 0 Å². The predicted molar refractivity (Wildman–Crippen MR) is 57.4 cm³/mol. The van der Waals surface area contributed by atoms with Gasteiger partial charge in [-0.1, -0.05) is 0 Å². The fourth-order valence-electron chi connectivity index (χ4n) is 1.28. The van der Waals surface area contributed by atoms with Crippen LogP contribution in [0.15, 0.2) is 30.7 Å². The van der Waals surface area contributed by atoms with E-state index in [-0.39, 0.29) is 11.7 Å². The molecular formula is C10H8F3N5. The SMILES string of the molecule is N=C(N)c1ccc(-n2cc(C(F)(F)F)cn2)nc1. The molecule has 8 heteroatoms. The lowest BCUT2D eigenvalue weighted by atomic mass is 10.2. The van der Waals surface area contributed by atoms with Gasteiger partial charge >= 0.3 is 6.18 Å². The first kappa shape index (κ1) is 12.1. The second-order valence-corrected chi connectivity index (χ2v) is 3.49. The van der Waals surface area contributed by atoms with Crippen LogP contribution in [-0.2, 0) is 6.18 Å². The fraction of sp³-hybridized carbons (Fsp3) is 0.100. The Balaban J connectivity index is 2.32. The molecule has 2 heterocycles. The van der Waals surface area contributed by atoms with Crippen LogP contribution in [0.3, 0.4) is 0 Å². The molecule has 0 aliphatic heterocycles. The van der Waals surface area contributed by atoms with Gasteiger partial charge in [-0.05, 0) is 12.1 Å². The van der Waals surface area contributed by atoms with Gasteiger partial charge in [0, 0.05) is 18.0 Å². The van der Waals surface area contributed by atoms with E-state index < -0.39 is 11.7 Å². The maximum atomic E-state index is 12.4.